The number of hydrogen-bond acceptors (Lipinski definition) is 4. The molecule has 9 heteroatoms. The first kappa shape index (κ1) is 19.7. The van der Waals surface area contributed by atoms with Crippen LogP contribution in [-0.4, -0.2) is 31.0 Å². The highest BCUT2D eigenvalue weighted by Crippen LogP contribution is 2.38. The monoisotopic (exact) mass is 393 g/mol. The highest BCUT2D eigenvalue weighted by Gasteiger charge is 2.33. The molecular weight excluding hydrogens is 375 g/mol. The number of halogens is 3. The lowest BCUT2D eigenvalue weighted by atomic mass is 10.1. The summed E-state index contributed by atoms with van der Waals surface area (Å²) in [7, 11) is 1.40. The molecule has 28 heavy (non-hydrogen) atoms. The van der Waals surface area contributed by atoms with Crippen LogP contribution in [0.2, 0.25) is 0 Å². The lowest BCUT2D eigenvalue weighted by molar-refractivity contribution is -0.384. The number of hydrogen-bond donors (Lipinski definition) is 0. The van der Waals surface area contributed by atoms with E-state index in [1.807, 2.05) is 4.90 Å². The number of carbonyl (C=O) groups is 1. The van der Waals surface area contributed by atoms with Crippen molar-refractivity contribution in [3.63, 3.8) is 0 Å². The minimum absolute atomic E-state index is 0.151. The first-order chi connectivity index (χ1) is 13.2. The molecular formula is C19H18F3N3O3. The summed E-state index contributed by atoms with van der Waals surface area (Å²) in [6, 6.07) is 8.34. The highest BCUT2D eigenvalue weighted by molar-refractivity contribution is 6.07. The summed E-state index contributed by atoms with van der Waals surface area (Å²) >= 11 is 0. The number of benzene rings is 2. The summed E-state index contributed by atoms with van der Waals surface area (Å²) in [5.74, 6) is -0.547. The van der Waals surface area contributed by atoms with Crippen LogP contribution in [0.5, 0.6) is 0 Å². The molecule has 0 aliphatic carbocycles. The van der Waals surface area contributed by atoms with E-state index in [2.05, 4.69) is 0 Å². The zero-order valence-electron chi connectivity index (χ0n) is 15.1. The Morgan fingerprint density at radius 2 is 1.71 bits per heavy atom. The third kappa shape index (κ3) is 3.92. The SMILES string of the molecule is CN(C(=O)c1ccc([N+](=O)[O-])cc1)c1cc(C(F)(F)F)ccc1N1CCCC1. The van der Waals surface area contributed by atoms with Gasteiger partial charge in [-0.15, -0.1) is 0 Å². The second-order valence-corrected chi connectivity index (χ2v) is 6.56. The molecule has 2 aromatic rings. The number of anilines is 2. The lowest BCUT2D eigenvalue weighted by Crippen LogP contribution is -2.29. The van der Waals surface area contributed by atoms with E-state index >= 15 is 0 Å². The Balaban J connectivity index is 1.98. The van der Waals surface area contributed by atoms with Gasteiger partial charge in [-0.25, -0.2) is 0 Å². The number of non-ortho nitro benzene ring substituents is 1. The number of alkyl halides is 3. The Morgan fingerprint density at radius 1 is 1.11 bits per heavy atom. The second-order valence-electron chi connectivity index (χ2n) is 6.56. The molecule has 1 amide bonds. The van der Waals surface area contributed by atoms with E-state index in [1.165, 1.54) is 37.4 Å². The first-order valence-electron chi connectivity index (χ1n) is 8.67. The average Bonchev–Trinajstić information content (AvgIpc) is 3.20. The summed E-state index contributed by atoms with van der Waals surface area (Å²) in [6.07, 6.45) is -2.67. The van der Waals surface area contributed by atoms with Gasteiger partial charge in [0.1, 0.15) is 0 Å². The molecule has 3 rings (SSSR count). The van der Waals surface area contributed by atoms with Gasteiger partial charge in [0.05, 0.1) is 21.9 Å². The molecule has 1 saturated heterocycles. The maximum absolute atomic E-state index is 13.2. The fourth-order valence-corrected chi connectivity index (χ4v) is 3.22. The normalized spacial score (nSPS) is 14.2. The number of amides is 1. The molecule has 1 aliphatic heterocycles. The number of nitrogens with zero attached hydrogens (tertiary/aromatic N) is 3. The second kappa shape index (κ2) is 7.49. The van der Waals surface area contributed by atoms with Gasteiger partial charge in [0.15, 0.2) is 0 Å². The molecule has 0 unspecified atom stereocenters. The van der Waals surface area contributed by atoms with Crippen LogP contribution in [0.1, 0.15) is 28.8 Å². The molecule has 0 radical (unpaired) electrons. The maximum atomic E-state index is 13.2. The van der Waals surface area contributed by atoms with Crippen LogP contribution in [-0.2, 0) is 6.18 Å². The summed E-state index contributed by atoms with van der Waals surface area (Å²) < 4.78 is 39.6. The topological polar surface area (TPSA) is 66.7 Å². The van der Waals surface area contributed by atoms with Crippen molar-refractivity contribution in [2.75, 3.05) is 29.9 Å². The van der Waals surface area contributed by atoms with Crippen LogP contribution >= 0.6 is 0 Å². The van der Waals surface area contributed by atoms with Gasteiger partial charge in [0.2, 0.25) is 0 Å². The minimum Gasteiger partial charge on any atom is -0.370 e. The molecule has 1 heterocycles. The van der Waals surface area contributed by atoms with E-state index in [9.17, 15) is 28.1 Å². The van der Waals surface area contributed by atoms with Crippen LogP contribution in [0.4, 0.5) is 30.2 Å². The summed E-state index contributed by atoms with van der Waals surface area (Å²) in [5.41, 5.74) is -0.147. The van der Waals surface area contributed by atoms with Gasteiger partial charge in [0.25, 0.3) is 11.6 Å². The van der Waals surface area contributed by atoms with Crippen molar-refractivity contribution in [3.05, 3.63) is 63.7 Å². The zero-order chi connectivity index (χ0) is 20.5. The van der Waals surface area contributed by atoms with E-state index in [-0.39, 0.29) is 16.9 Å². The van der Waals surface area contributed by atoms with E-state index in [4.69, 9.17) is 0 Å². The standard InChI is InChI=1S/C19H18F3N3O3/c1-23(18(26)13-4-7-15(8-5-13)25(27)28)17-12-14(19(20,21)22)6-9-16(17)24-10-2-3-11-24/h4-9,12H,2-3,10-11H2,1H3. The van der Waals surface area contributed by atoms with Crippen molar-refractivity contribution in [1.29, 1.82) is 0 Å². The predicted octanol–water partition coefficient (Wildman–Crippen LogP) is 4.49. The molecule has 0 saturated carbocycles. The Labute approximate surface area is 159 Å². The fourth-order valence-electron chi connectivity index (χ4n) is 3.22. The van der Waals surface area contributed by atoms with E-state index < -0.39 is 22.6 Å². The lowest BCUT2D eigenvalue weighted by Gasteiger charge is -2.27. The Morgan fingerprint density at radius 3 is 2.25 bits per heavy atom. The van der Waals surface area contributed by atoms with E-state index in [0.717, 1.165) is 29.9 Å². The minimum atomic E-state index is -4.53. The van der Waals surface area contributed by atoms with Crippen molar-refractivity contribution in [2.45, 2.75) is 19.0 Å². The van der Waals surface area contributed by atoms with E-state index in [0.29, 0.717) is 18.8 Å². The summed E-state index contributed by atoms with van der Waals surface area (Å²) in [5, 5.41) is 10.8. The van der Waals surface area contributed by atoms with Crippen molar-refractivity contribution >= 4 is 23.0 Å². The first-order valence-corrected chi connectivity index (χ1v) is 8.67. The number of carbonyl (C=O) groups excluding carboxylic acids is 1. The smallest absolute Gasteiger partial charge is 0.370 e. The quantitative estimate of drug-likeness (QED) is 0.567. The molecule has 0 bridgehead atoms. The van der Waals surface area contributed by atoms with Gasteiger partial charge in [-0.3, -0.25) is 14.9 Å². The highest BCUT2D eigenvalue weighted by atomic mass is 19.4. The molecule has 148 valence electrons. The molecule has 1 aliphatic rings. The summed E-state index contributed by atoms with van der Waals surface area (Å²) in [4.78, 5) is 26.1. The van der Waals surface area contributed by atoms with Crippen molar-refractivity contribution in [3.8, 4) is 0 Å². The maximum Gasteiger partial charge on any atom is 0.416 e. The molecule has 0 aromatic heterocycles. The molecule has 1 fully saturated rings. The van der Waals surface area contributed by atoms with Crippen LogP contribution in [0.15, 0.2) is 42.5 Å². The predicted molar refractivity (Wildman–Crippen MR) is 98.7 cm³/mol. The van der Waals surface area contributed by atoms with Gasteiger partial charge in [-0.05, 0) is 43.2 Å². The largest absolute Gasteiger partial charge is 0.416 e. The molecule has 0 N–H and O–H groups in total. The zero-order valence-corrected chi connectivity index (χ0v) is 15.1. The van der Waals surface area contributed by atoms with Crippen LogP contribution in [0.3, 0.4) is 0 Å². The number of nitro groups is 1. The van der Waals surface area contributed by atoms with Crippen LogP contribution in [0.25, 0.3) is 0 Å². The van der Waals surface area contributed by atoms with E-state index in [1.54, 1.807) is 0 Å². The van der Waals surface area contributed by atoms with Gasteiger partial charge >= 0.3 is 6.18 Å². The molecule has 6 nitrogen and oxygen atoms in total. The Bertz CT molecular complexity index is 892. The van der Waals surface area contributed by atoms with Crippen LogP contribution < -0.4 is 9.80 Å². The van der Waals surface area contributed by atoms with Gasteiger partial charge in [-0.2, -0.15) is 13.2 Å². The number of rotatable bonds is 4. The third-order valence-electron chi connectivity index (χ3n) is 4.74. The van der Waals surface area contributed by atoms with Crippen molar-refractivity contribution < 1.29 is 22.9 Å². The summed E-state index contributed by atoms with van der Waals surface area (Å²) in [6.45, 7) is 1.41. The Hall–Kier alpha value is -3.10. The van der Waals surface area contributed by atoms with Crippen LogP contribution in [0, 0.1) is 10.1 Å². The fraction of sp³-hybridized carbons (Fsp3) is 0.316. The number of nitro benzene ring substituents is 1. The molecule has 0 atom stereocenters. The van der Waals surface area contributed by atoms with Crippen molar-refractivity contribution in [2.24, 2.45) is 0 Å². The van der Waals surface area contributed by atoms with Crippen molar-refractivity contribution in [1.82, 2.24) is 0 Å². The van der Waals surface area contributed by atoms with Gasteiger partial charge in [-0.1, -0.05) is 0 Å². The molecule has 2 aromatic carbocycles. The van der Waals surface area contributed by atoms with Gasteiger partial charge in [0, 0.05) is 37.8 Å². The Kier molecular flexibility index (Phi) is 5.26. The average molecular weight is 393 g/mol. The third-order valence-corrected chi connectivity index (χ3v) is 4.74. The molecule has 0 spiro atoms. The van der Waals surface area contributed by atoms with Gasteiger partial charge < -0.3 is 9.80 Å².